The second-order valence-corrected chi connectivity index (χ2v) is 6.85. The first-order chi connectivity index (χ1) is 11.5. The number of likely N-dealkylation sites (N-methyl/N-ethyl adjacent to an activating group) is 1. The Morgan fingerprint density at radius 1 is 1.25 bits per heavy atom. The molecule has 1 fully saturated rings. The van der Waals surface area contributed by atoms with Gasteiger partial charge in [-0.3, -0.25) is 14.5 Å². The number of aryl methyl sites for hydroxylation is 1. The summed E-state index contributed by atoms with van der Waals surface area (Å²) >= 11 is 3.45. The second-order valence-electron chi connectivity index (χ2n) is 5.94. The highest BCUT2D eigenvalue weighted by Gasteiger charge is 2.27. The zero-order chi connectivity index (χ0) is 17.3. The average Bonchev–Trinajstić information content (AvgIpc) is 2.91. The van der Waals surface area contributed by atoms with Gasteiger partial charge in [0.1, 0.15) is 5.58 Å². The maximum absolute atomic E-state index is 12.8. The molecule has 1 aromatic carbocycles. The van der Waals surface area contributed by atoms with E-state index < -0.39 is 0 Å². The zero-order valence-electron chi connectivity index (χ0n) is 13.8. The van der Waals surface area contributed by atoms with Crippen molar-refractivity contribution >= 4 is 38.7 Å². The third kappa shape index (κ3) is 3.32. The number of hydrogen-bond donors (Lipinski definition) is 1. The highest BCUT2D eigenvalue weighted by atomic mass is 79.9. The molecule has 24 heavy (non-hydrogen) atoms. The van der Waals surface area contributed by atoms with E-state index in [1.807, 2.05) is 30.0 Å². The summed E-state index contributed by atoms with van der Waals surface area (Å²) in [6, 6.07) is 5.73. The SMILES string of the molecule is CNC(=O)CN1CCN(C(=O)c2oc3ccc(Br)cc3c2C)CC1. The molecular formula is C17H20BrN3O3. The molecule has 6 nitrogen and oxygen atoms in total. The molecule has 2 heterocycles. The minimum Gasteiger partial charge on any atom is -0.451 e. The topological polar surface area (TPSA) is 65.8 Å². The molecule has 0 aliphatic carbocycles. The molecule has 0 saturated carbocycles. The van der Waals surface area contributed by atoms with Crippen LogP contribution in [0.5, 0.6) is 0 Å². The summed E-state index contributed by atoms with van der Waals surface area (Å²) in [6.45, 7) is 4.84. The van der Waals surface area contributed by atoms with Gasteiger partial charge >= 0.3 is 0 Å². The third-order valence-corrected chi connectivity index (χ3v) is 4.89. The number of amides is 2. The van der Waals surface area contributed by atoms with Gasteiger partial charge in [0.25, 0.3) is 5.91 Å². The Bertz CT molecular complexity index is 779. The lowest BCUT2D eigenvalue weighted by Crippen LogP contribution is -2.50. The molecule has 0 radical (unpaired) electrons. The third-order valence-electron chi connectivity index (χ3n) is 4.40. The van der Waals surface area contributed by atoms with Crippen LogP contribution in [-0.4, -0.2) is 61.4 Å². The molecular weight excluding hydrogens is 374 g/mol. The van der Waals surface area contributed by atoms with Gasteiger partial charge in [0.05, 0.1) is 6.54 Å². The molecule has 1 saturated heterocycles. The first-order valence-corrected chi connectivity index (χ1v) is 8.69. The van der Waals surface area contributed by atoms with Crippen LogP contribution in [0.1, 0.15) is 16.1 Å². The predicted molar refractivity (Wildman–Crippen MR) is 95.1 cm³/mol. The van der Waals surface area contributed by atoms with Crippen molar-refractivity contribution in [3.05, 3.63) is 34.0 Å². The fraction of sp³-hybridized carbons (Fsp3) is 0.412. The van der Waals surface area contributed by atoms with Gasteiger partial charge in [0.15, 0.2) is 5.76 Å². The van der Waals surface area contributed by atoms with Gasteiger partial charge < -0.3 is 14.6 Å². The molecule has 0 bridgehead atoms. The lowest BCUT2D eigenvalue weighted by molar-refractivity contribution is -0.122. The number of rotatable bonds is 3. The Morgan fingerprint density at radius 3 is 2.62 bits per heavy atom. The number of carbonyl (C=O) groups is 2. The summed E-state index contributed by atoms with van der Waals surface area (Å²) in [5, 5.41) is 3.57. The summed E-state index contributed by atoms with van der Waals surface area (Å²) in [5.41, 5.74) is 1.58. The molecule has 3 rings (SSSR count). The van der Waals surface area contributed by atoms with Gasteiger partial charge in [0.2, 0.25) is 5.91 Å². The number of furan rings is 1. The summed E-state index contributed by atoms with van der Waals surface area (Å²) < 4.78 is 6.75. The van der Waals surface area contributed by atoms with E-state index in [1.54, 1.807) is 11.9 Å². The van der Waals surface area contributed by atoms with Crippen LogP contribution < -0.4 is 5.32 Å². The second kappa shape index (κ2) is 6.94. The molecule has 7 heteroatoms. The zero-order valence-corrected chi connectivity index (χ0v) is 15.4. The maximum Gasteiger partial charge on any atom is 0.289 e. The highest BCUT2D eigenvalue weighted by molar-refractivity contribution is 9.10. The fourth-order valence-corrected chi connectivity index (χ4v) is 3.29. The van der Waals surface area contributed by atoms with E-state index >= 15 is 0 Å². The minimum absolute atomic E-state index is 0.00604. The van der Waals surface area contributed by atoms with Crippen LogP contribution in [0.2, 0.25) is 0 Å². The summed E-state index contributed by atoms with van der Waals surface area (Å²) in [5.74, 6) is 0.316. The number of nitrogens with one attached hydrogen (secondary N) is 1. The maximum atomic E-state index is 12.8. The van der Waals surface area contributed by atoms with E-state index in [4.69, 9.17) is 4.42 Å². The molecule has 1 aliphatic heterocycles. The number of benzene rings is 1. The minimum atomic E-state index is -0.0839. The van der Waals surface area contributed by atoms with Gasteiger partial charge in [-0.25, -0.2) is 0 Å². The summed E-state index contributed by atoms with van der Waals surface area (Å²) in [7, 11) is 1.63. The molecule has 1 N–H and O–H groups in total. The first-order valence-electron chi connectivity index (χ1n) is 7.90. The summed E-state index contributed by atoms with van der Waals surface area (Å²) in [6.07, 6.45) is 0. The molecule has 0 unspecified atom stereocenters. The van der Waals surface area contributed by atoms with Crippen molar-refractivity contribution in [1.82, 2.24) is 15.1 Å². The van der Waals surface area contributed by atoms with Crippen molar-refractivity contribution in [3.63, 3.8) is 0 Å². The van der Waals surface area contributed by atoms with Gasteiger partial charge in [-0.2, -0.15) is 0 Å². The van der Waals surface area contributed by atoms with Gasteiger partial charge in [-0.1, -0.05) is 15.9 Å². The lowest BCUT2D eigenvalue weighted by Gasteiger charge is -2.33. The Balaban J connectivity index is 1.72. The van der Waals surface area contributed by atoms with E-state index in [1.165, 1.54) is 0 Å². The number of carbonyl (C=O) groups excluding carboxylic acids is 2. The Kier molecular flexibility index (Phi) is 4.91. The molecule has 128 valence electrons. The lowest BCUT2D eigenvalue weighted by atomic mass is 10.1. The van der Waals surface area contributed by atoms with E-state index in [2.05, 4.69) is 21.2 Å². The highest BCUT2D eigenvalue weighted by Crippen LogP contribution is 2.29. The van der Waals surface area contributed by atoms with Gasteiger partial charge in [-0.05, 0) is 25.1 Å². The molecule has 1 aromatic heterocycles. The number of fused-ring (bicyclic) bond motifs is 1. The largest absolute Gasteiger partial charge is 0.451 e. The number of piperazine rings is 1. The van der Waals surface area contributed by atoms with Crippen molar-refractivity contribution in [2.75, 3.05) is 39.8 Å². The average molecular weight is 394 g/mol. The van der Waals surface area contributed by atoms with E-state index in [0.717, 1.165) is 21.0 Å². The van der Waals surface area contributed by atoms with E-state index in [-0.39, 0.29) is 11.8 Å². The number of nitrogens with zero attached hydrogens (tertiary/aromatic N) is 2. The number of hydrogen-bond acceptors (Lipinski definition) is 4. The van der Waals surface area contributed by atoms with Crippen molar-refractivity contribution in [2.24, 2.45) is 0 Å². The van der Waals surface area contributed by atoms with Crippen molar-refractivity contribution in [2.45, 2.75) is 6.92 Å². The van der Waals surface area contributed by atoms with E-state index in [9.17, 15) is 9.59 Å². The van der Waals surface area contributed by atoms with Crippen LogP contribution >= 0.6 is 15.9 Å². The van der Waals surface area contributed by atoms with Crippen molar-refractivity contribution in [3.8, 4) is 0 Å². The Labute approximate surface area is 148 Å². The predicted octanol–water partition coefficient (Wildman–Crippen LogP) is 2.01. The van der Waals surface area contributed by atoms with Crippen LogP contribution in [0.25, 0.3) is 11.0 Å². The molecule has 2 aromatic rings. The van der Waals surface area contributed by atoms with Crippen molar-refractivity contribution < 1.29 is 14.0 Å². The standard InChI is InChI=1S/C17H20BrN3O3/c1-11-13-9-12(18)3-4-14(13)24-16(11)17(23)21-7-5-20(6-8-21)10-15(22)19-2/h3-4,9H,5-8,10H2,1-2H3,(H,19,22). The van der Waals surface area contributed by atoms with Crippen LogP contribution in [0, 0.1) is 6.92 Å². The summed E-state index contributed by atoms with van der Waals surface area (Å²) in [4.78, 5) is 28.1. The first kappa shape index (κ1) is 17.0. The van der Waals surface area contributed by atoms with Crippen LogP contribution in [0.15, 0.2) is 27.1 Å². The normalized spacial score (nSPS) is 15.7. The van der Waals surface area contributed by atoms with Crippen LogP contribution in [-0.2, 0) is 4.79 Å². The molecule has 1 aliphatic rings. The van der Waals surface area contributed by atoms with Crippen LogP contribution in [0.3, 0.4) is 0 Å². The quantitative estimate of drug-likeness (QED) is 0.865. The fourth-order valence-electron chi connectivity index (χ4n) is 2.93. The molecule has 2 amide bonds. The van der Waals surface area contributed by atoms with Crippen molar-refractivity contribution in [1.29, 1.82) is 0 Å². The van der Waals surface area contributed by atoms with Gasteiger partial charge in [0, 0.05) is 48.6 Å². The molecule has 0 atom stereocenters. The molecule has 0 spiro atoms. The number of halogens is 1. The van der Waals surface area contributed by atoms with Crippen LogP contribution in [0.4, 0.5) is 0 Å². The monoisotopic (exact) mass is 393 g/mol. The van der Waals surface area contributed by atoms with E-state index in [0.29, 0.717) is 38.5 Å². The smallest absolute Gasteiger partial charge is 0.289 e. The van der Waals surface area contributed by atoms with Gasteiger partial charge in [-0.15, -0.1) is 0 Å². The Hall–Kier alpha value is -1.86. The Morgan fingerprint density at radius 2 is 1.96 bits per heavy atom.